The molecule has 0 radical (unpaired) electrons. The van der Waals surface area contributed by atoms with E-state index < -0.39 is 0 Å². The van der Waals surface area contributed by atoms with E-state index in [-0.39, 0.29) is 0 Å². The van der Waals surface area contributed by atoms with Crippen LogP contribution in [0.3, 0.4) is 0 Å². The summed E-state index contributed by atoms with van der Waals surface area (Å²) in [5.74, 6) is 0. The van der Waals surface area contributed by atoms with Crippen molar-refractivity contribution < 1.29 is 0 Å². The van der Waals surface area contributed by atoms with Gasteiger partial charge in [-0.1, -0.05) is 6.07 Å². The van der Waals surface area contributed by atoms with Gasteiger partial charge in [0, 0.05) is 23.5 Å². The molecule has 0 aromatic carbocycles. The summed E-state index contributed by atoms with van der Waals surface area (Å²) in [6.45, 7) is 3.61. The number of likely N-dealkylation sites (N-methyl/N-ethyl adjacent to an activating group) is 3. The second-order valence-electron chi connectivity index (χ2n) is 5.68. The first-order valence-electron chi connectivity index (χ1n) is 7.29. The van der Waals surface area contributed by atoms with Crippen LogP contribution in [0.2, 0.25) is 0 Å². The summed E-state index contributed by atoms with van der Waals surface area (Å²) in [5.41, 5.74) is 0. The Kier molecular flexibility index (Phi) is 5.82. The molecule has 0 spiro atoms. The van der Waals surface area contributed by atoms with E-state index >= 15 is 0 Å². The number of hydrogen-bond acceptors (Lipinski definition) is 4. The predicted molar refractivity (Wildman–Crippen MR) is 84.0 cm³/mol. The molecule has 0 amide bonds. The average molecular weight is 281 g/mol. The van der Waals surface area contributed by atoms with E-state index in [1.807, 2.05) is 11.3 Å². The Morgan fingerprint density at radius 2 is 2.26 bits per heavy atom. The average Bonchev–Trinajstić information content (AvgIpc) is 2.85. The van der Waals surface area contributed by atoms with Crippen LogP contribution in [0.1, 0.15) is 17.7 Å². The number of thiophene rings is 1. The van der Waals surface area contributed by atoms with Crippen molar-refractivity contribution in [1.29, 1.82) is 0 Å². The van der Waals surface area contributed by atoms with Gasteiger partial charge in [-0.3, -0.25) is 0 Å². The third-order valence-corrected chi connectivity index (χ3v) is 5.17. The molecule has 0 bridgehead atoms. The summed E-state index contributed by atoms with van der Waals surface area (Å²) < 4.78 is 0. The van der Waals surface area contributed by atoms with E-state index in [0.717, 1.165) is 0 Å². The van der Waals surface area contributed by atoms with Crippen LogP contribution in [0.25, 0.3) is 0 Å². The van der Waals surface area contributed by atoms with Gasteiger partial charge < -0.3 is 15.1 Å². The maximum atomic E-state index is 3.55. The van der Waals surface area contributed by atoms with Gasteiger partial charge in [0.2, 0.25) is 0 Å². The number of nitrogens with zero attached hydrogens (tertiary/aromatic N) is 2. The first-order valence-corrected chi connectivity index (χ1v) is 8.17. The lowest BCUT2D eigenvalue weighted by molar-refractivity contribution is 0.177. The van der Waals surface area contributed by atoms with Gasteiger partial charge in [0.15, 0.2) is 0 Å². The van der Waals surface area contributed by atoms with Gasteiger partial charge in [-0.2, -0.15) is 0 Å². The molecule has 1 aromatic heterocycles. The van der Waals surface area contributed by atoms with Gasteiger partial charge in [-0.05, 0) is 64.9 Å². The number of aryl methyl sites for hydroxylation is 1. The first kappa shape index (κ1) is 15.0. The lowest BCUT2D eigenvalue weighted by atomic mass is 10.0. The SMILES string of the molecule is CNC(CCc1cccs1)C1CN(C)CCCN1C. The molecule has 2 rings (SSSR count). The van der Waals surface area contributed by atoms with Gasteiger partial charge in [0.1, 0.15) is 0 Å². The Labute approximate surface area is 121 Å². The summed E-state index contributed by atoms with van der Waals surface area (Å²) >= 11 is 1.88. The second kappa shape index (κ2) is 7.39. The van der Waals surface area contributed by atoms with E-state index in [0.29, 0.717) is 12.1 Å². The quantitative estimate of drug-likeness (QED) is 0.889. The molecule has 0 saturated carbocycles. The predicted octanol–water partition coefficient (Wildman–Crippen LogP) is 1.90. The van der Waals surface area contributed by atoms with Crippen molar-refractivity contribution in [2.45, 2.75) is 31.3 Å². The first-order chi connectivity index (χ1) is 9.20. The van der Waals surface area contributed by atoms with Crippen molar-refractivity contribution in [2.24, 2.45) is 0 Å². The molecule has 2 heterocycles. The zero-order chi connectivity index (χ0) is 13.7. The van der Waals surface area contributed by atoms with Crippen LogP contribution in [-0.2, 0) is 6.42 Å². The van der Waals surface area contributed by atoms with E-state index in [1.54, 1.807) is 0 Å². The summed E-state index contributed by atoms with van der Waals surface area (Å²) in [6, 6.07) is 5.60. The molecule has 0 aliphatic carbocycles. The Morgan fingerprint density at radius 3 is 2.95 bits per heavy atom. The molecule has 3 nitrogen and oxygen atoms in total. The Bertz CT molecular complexity index is 352. The minimum atomic E-state index is 0.577. The molecule has 1 aliphatic rings. The molecule has 4 heteroatoms. The van der Waals surface area contributed by atoms with Gasteiger partial charge in [-0.25, -0.2) is 0 Å². The minimum absolute atomic E-state index is 0.577. The van der Waals surface area contributed by atoms with Crippen molar-refractivity contribution in [2.75, 3.05) is 40.8 Å². The third kappa shape index (κ3) is 4.28. The molecule has 1 fully saturated rings. The molecule has 1 N–H and O–H groups in total. The van der Waals surface area contributed by atoms with E-state index in [1.165, 1.54) is 43.8 Å². The van der Waals surface area contributed by atoms with Crippen LogP contribution >= 0.6 is 11.3 Å². The van der Waals surface area contributed by atoms with Crippen LogP contribution in [0.15, 0.2) is 17.5 Å². The third-order valence-electron chi connectivity index (χ3n) is 4.23. The van der Waals surface area contributed by atoms with Crippen molar-refractivity contribution >= 4 is 11.3 Å². The highest BCUT2D eigenvalue weighted by Crippen LogP contribution is 2.17. The van der Waals surface area contributed by atoms with E-state index in [4.69, 9.17) is 0 Å². The topological polar surface area (TPSA) is 18.5 Å². The van der Waals surface area contributed by atoms with Crippen molar-refractivity contribution in [1.82, 2.24) is 15.1 Å². The highest BCUT2D eigenvalue weighted by Gasteiger charge is 2.27. The Morgan fingerprint density at radius 1 is 1.42 bits per heavy atom. The number of nitrogens with one attached hydrogen (secondary N) is 1. The Balaban J connectivity index is 1.94. The molecular formula is C15H27N3S. The van der Waals surface area contributed by atoms with Gasteiger partial charge in [0.25, 0.3) is 0 Å². The fraction of sp³-hybridized carbons (Fsp3) is 0.733. The largest absolute Gasteiger partial charge is 0.315 e. The maximum Gasteiger partial charge on any atom is 0.0373 e. The van der Waals surface area contributed by atoms with Gasteiger partial charge in [-0.15, -0.1) is 11.3 Å². The van der Waals surface area contributed by atoms with E-state index in [2.05, 4.69) is 53.8 Å². The van der Waals surface area contributed by atoms with Crippen molar-refractivity contribution in [3.8, 4) is 0 Å². The molecule has 108 valence electrons. The van der Waals surface area contributed by atoms with Crippen LogP contribution in [0.4, 0.5) is 0 Å². The Hall–Kier alpha value is -0.420. The molecule has 1 aromatic rings. The fourth-order valence-corrected chi connectivity index (χ4v) is 3.75. The van der Waals surface area contributed by atoms with Crippen LogP contribution < -0.4 is 5.32 Å². The van der Waals surface area contributed by atoms with Crippen LogP contribution in [0.5, 0.6) is 0 Å². The number of hydrogen-bond donors (Lipinski definition) is 1. The molecule has 2 unspecified atom stereocenters. The zero-order valence-corrected chi connectivity index (χ0v) is 13.2. The van der Waals surface area contributed by atoms with Crippen LogP contribution in [0, 0.1) is 0 Å². The number of rotatable bonds is 5. The molecule has 2 atom stereocenters. The van der Waals surface area contributed by atoms with Crippen molar-refractivity contribution in [3.63, 3.8) is 0 Å². The summed E-state index contributed by atoms with van der Waals surface area (Å²) in [6.07, 6.45) is 3.70. The summed E-state index contributed by atoms with van der Waals surface area (Å²) in [5, 5.41) is 5.73. The molecule has 1 saturated heterocycles. The monoisotopic (exact) mass is 281 g/mol. The molecule has 19 heavy (non-hydrogen) atoms. The molecular weight excluding hydrogens is 254 g/mol. The fourth-order valence-electron chi connectivity index (χ4n) is 3.02. The van der Waals surface area contributed by atoms with Gasteiger partial charge >= 0.3 is 0 Å². The molecule has 1 aliphatic heterocycles. The summed E-state index contributed by atoms with van der Waals surface area (Å²) in [7, 11) is 6.63. The lowest BCUT2D eigenvalue weighted by Crippen LogP contribution is -2.51. The van der Waals surface area contributed by atoms with E-state index in [9.17, 15) is 0 Å². The lowest BCUT2D eigenvalue weighted by Gasteiger charge is -2.34. The highest BCUT2D eigenvalue weighted by atomic mass is 32.1. The minimum Gasteiger partial charge on any atom is -0.315 e. The highest BCUT2D eigenvalue weighted by molar-refractivity contribution is 7.09. The van der Waals surface area contributed by atoms with Crippen LogP contribution in [-0.4, -0.2) is 62.7 Å². The summed E-state index contributed by atoms with van der Waals surface area (Å²) in [4.78, 5) is 6.52. The smallest absolute Gasteiger partial charge is 0.0373 e. The normalized spacial score (nSPS) is 24.3. The van der Waals surface area contributed by atoms with Gasteiger partial charge in [0.05, 0.1) is 0 Å². The zero-order valence-electron chi connectivity index (χ0n) is 12.4. The maximum absolute atomic E-state index is 3.55. The van der Waals surface area contributed by atoms with Crippen molar-refractivity contribution in [3.05, 3.63) is 22.4 Å². The second-order valence-corrected chi connectivity index (χ2v) is 6.71. The standard InChI is InChI=1S/C15H27N3S/c1-16-14(8-7-13-6-4-11-19-13)15-12-17(2)9-5-10-18(15)3/h4,6,11,14-16H,5,7-10,12H2,1-3H3.